The maximum atomic E-state index is 12.4. The lowest BCUT2D eigenvalue weighted by molar-refractivity contribution is -0.119. The van der Waals surface area contributed by atoms with Crippen molar-refractivity contribution in [3.05, 3.63) is 47.8 Å². The van der Waals surface area contributed by atoms with Gasteiger partial charge in [0.1, 0.15) is 11.5 Å². The van der Waals surface area contributed by atoms with Crippen LogP contribution in [-0.2, 0) is 11.3 Å². The van der Waals surface area contributed by atoms with E-state index in [2.05, 4.69) is 15.6 Å². The van der Waals surface area contributed by atoms with Gasteiger partial charge in [-0.2, -0.15) is 0 Å². The van der Waals surface area contributed by atoms with Crippen molar-refractivity contribution in [3.8, 4) is 11.5 Å². The number of hydrogen-bond acceptors (Lipinski definition) is 5. The molecule has 2 rings (SSSR count). The second-order valence-electron chi connectivity index (χ2n) is 4.97. The average Bonchev–Trinajstić information content (AvgIpc) is 2.60. The molecule has 0 aliphatic rings. The highest BCUT2D eigenvalue weighted by Crippen LogP contribution is 2.29. The van der Waals surface area contributed by atoms with Gasteiger partial charge in [0, 0.05) is 24.8 Å². The van der Waals surface area contributed by atoms with E-state index in [-0.39, 0.29) is 18.4 Å². The Morgan fingerprint density at radius 3 is 2.58 bits per heavy atom. The van der Waals surface area contributed by atoms with Crippen LogP contribution in [0.15, 0.2) is 36.5 Å². The van der Waals surface area contributed by atoms with Gasteiger partial charge in [-0.05, 0) is 24.3 Å². The van der Waals surface area contributed by atoms with Crippen molar-refractivity contribution < 1.29 is 19.1 Å². The summed E-state index contributed by atoms with van der Waals surface area (Å²) < 4.78 is 10.4. The van der Waals surface area contributed by atoms with Crippen LogP contribution in [0.4, 0.5) is 5.69 Å². The number of benzene rings is 1. The van der Waals surface area contributed by atoms with E-state index in [1.165, 1.54) is 20.2 Å². The molecule has 0 aliphatic carbocycles. The van der Waals surface area contributed by atoms with Crippen molar-refractivity contribution in [3.63, 3.8) is 0 Å². The number of carbonyl (C=O) groups is 2. The Bertz CT molecular complexity index is 746. The van der Waals surface area contributed by atoms with E-state index in [4.69, 9.17) is 9.47 Å². The van der Waals surface area contributed by atoms with Crippen LogP contribution in [0.2, 0.25) is 0 Å². The van der Waals surface area contributed by atoms with Crippen LogP contribution in [0, 0.1) is 0 Å². The summed E-state index contributed by atoms with van der Waals surface area (Å²) in [7, 11) is 3.07. The van der Waals surface area contributed by atoms with Crippen LogP contribution in [0.1, 0.15) is 23.0 Å². The molecule has 0 bridgehead atoms. The number of methoxy groups -OCH3 is 2. The van der Waals surface area contributed by atoms with Crippen molar-refractivity contribution in [2.24, 2.45) is 0 Å². The first-order valence-electron chi connectivity index (χ1n) is 7.26. The fraction of sp³-hybridized carbons (Fsp3) is 0.235. The molecule has 0 fully saturated rings. The number of amides is 2. The first-order chi connectivity index (χ1) is 11.5. The number of hydrogen-bond donors (Lipinski definition) is 2. The maximum absolute atomic E-state index is 12.4. The fourth-order valence-corrected chi connectivity index (χ4v) is 2.04. The van der Waals surface area contributed by atoms with Gasteiger partial charge < -0.3 is 20.1 Å². The third-order valence-electron chi connectivity index (χ3n) is 3.25. The zero-order chi connectivity index (χ0) is 17.5. The molecule has 2 amide bonds. The summed E-state index contributed by atoms with van der Waals surface area (Å²) in [6.45, 7) is 1.69. The molecule has 0 spiro atoms. The molecule has 0 saturated carbocycles. The number of nitrogens with zero attached hydrogens (tertiary/aromatic N) is 1. The van der Waals surface area contributed by atoms with Crippen LogP contribution >= 0.6 is 0 Å². The molecule has 2 aromatic rings. The zero-order valence-corrected chi connectivity index (χ0v) is 13.8. The molecule has 7 heteroatoms. The number of anilines is 1. The number of ether oxygens (including phenoxy) is 2. The molecule has 0 radical (unpaired) electrons. The topological polar surface area (TPSA) is 89.6 Å². The number of pyridine rings is 1. The molecule has 1 heterocycles. The summed E-state index contributed by atoms with van der Waals surface area (Å²) >= 11 is 0. The van der Waals surface area contributed by atoms with E-state index in [9.17, 15) is 9.59 Å². The molecule has 0 atom stereocenters. The Balaban J connectivity index is 2.18. The zero-order valence-electron chi connectivity index (χ0n) is 13.8. The normalized spacial score (nSPS) is 9.96. The molecule has 2 N–H and O–H groups in total. The van der Waals surface area contributed by atoms with E-state index in [1.807, 2.05) is 0 Å². The van der Waals surface area contributed by atoms with E-state index in [0.29, 0.717) is 28.4 Å². The van der Waals surface area contributed by atoms with Crippen molar-refractivity contribution >= 4 is 17.5 Å². The standard InChI is InChI=1S/C17H19N3O4/c1-11(21)19-10-13-8-12(6-7-18-13)17(22)20-15-9-14(23-2)4-5-16(15)24-3/h4-9H,10H2,1-3H3,(H,19,21)(H,20,22). The van der Waals surface area contributed by atoms with E-state index < -0.39 is 0 Å². The lowest BCUT2D eigenvalue weighted by Crippen LogP contribution is -2.20. The minimum Gasteiger partial charge on any atom is -0.497 e. The van der Waals surface area contributed by atoms with Crippen molar-refractivity contribution in [2.75, 3.05) is 19.5 Å². The number of nitrogens with one attached hydrogen (secondary N) is 2. The van der Waals surface area contributed by atoms with Crippen molar-refractivity contribution in [2.45, 2.75) is 13.5 Å². The smallest absolute Gasteiger partial charge is 0.255 e. The summed E-state index contributed by atoms with van der Waals surface area (Å²) in [5.74, 6) is 0.657. The summed E-state index contributed by atoms with van der Waals surface area (Å²) in [4.78, 5) is 27.5. The lowest BCUT2D eigenvalue weighted by atomic mass is 10.2. The van der Waals surface area contributed by atoms with Crippen molar-refractivity contribution in [1.29, 1.82) is 0 Å². The Morgan fingerprint density at radius 1 is 1.12 bits per heavy atom. The predicted octanol–water partition coefficient (Wildman–Crippen LogP) is 1.99. The van der Waals surface area contributed by atoms with Crippen LogP contribution in [-0.4, -0.2) is 31.0 Å². The van der Waals surface area contributed by atoms with E-state index in [0.717, 1.165) is 0 Å². The number of aromatic nitrogens is 1. The monoisotopic (exact) mass is 329 g/mol. The van der Waals surface area contributed by atoms with Gasteiger partial charge in [-0.3, -0.25) is 14.6 Å². The van der Waals surface area contributed by atoms with E-state index in [1.54, 1.807) is 37.4 Å². The molecule has 0 aliphatic heterocycles. The summed E-state index contributed by atoms with van der Waals surface area (Å²) in [5.41, 5.74) is 1.52. The highest BCUT2D eigenvalue weighted by molar-refractivity contribution is 6.05. The Hall–Kier alpha value is -3.09. The third-order valence-corrected chi connectivity index (χ3v) is 3.25. The molecule has 1 aromatic carbocycles. The van der Waals surface area contributed by atoms with Gasteiger partial charge in [0.15, 0.2) is 0 Å². The second-order valence-corrected chi connectivity index (χ2v) is 4.97. The molecule has 126 valence electrons. The quantitative estimate of drug-likeness (QED) is 0.846. The number of carbonyl (C=O) groups excluding carboxylic acids is 2. The largest absolute Gasteiger partial charge is 0.497 e. The first-order valence-corrected chi connectivity index (χ1v) is 7.26. The van der Waals surface area contributed by atoms with Crippen molar-refractivity contribution in [1.82, 2.24) is 10.3 Å². The molecular formula is C17H19N3O4. The van der Waals surface area contributed by atoms with Crippen LogP contribution in [0.3, 0.4) is 0 Å². The molecule has 1 aromatic heterocycles. The van der Waals surface area contributed by atoms with Crippen LogP contribution in [0.5, 0.6) is 11.5 Å². The van der Waals surface area contributed by atoms with E-state index >= 15 is 0 Å². The SMILES string of the molecule is COc1ccc(OC)c(NC(=O)c2ccnc(CNC(C)=O)c2)c1. The maximum Gasteiger partial charge on any atom is 0.255 e. The van der Waals surface area contributed by atoms with Gasteiger partial charge in [-0.1, -0.05) is 0 Å². The highest BCUT2D eigenvalue weighted by atomic mass is 16.5. The highest BCUT2D eigenvalue weighted by Gasteiger charge is 2.12. The first kappa shape index (κ1) is 17.3. The van der Waals surface area contributed by atoms with Gasteiger partial charge in [-0.25, -0.2) is 0 Å². The van der Waals surface area contributed by atoms with Gasteiger partial charge in [-0.15, -0.1) is 0 Å². The predicted molar refractivity (Wildman–Crippen MR) is 89.3 cm³/mol. The average molecular weight is 329 g/mol. The summed E-state index contributed by atoms with van der Waals surface area (Å²) in [6, 6.07) is 8.35. The van der Waals surface area contributed by atoms with Gasteiger partial charge >= 0.3 is 0 Å². The minimum atomic E-state index is -0.312. The van der Waals surface area contributed by atoms with Crippen LogP contribution in [0.25, 0.3) is 0 Å². The summed E-state index contributed by atoms with van der Waals surface area (Å²) in [6.07, 6.45) is 1.52. The van der Waals surface area contributed by atoms with Gasteiger partial charge in [0.2, 0.25) is 5.91 Å². The minimum absolute atomic E-state index is 0.159. The Kier molecular flexibility index (Phi) is 5.73. The number of rotatable bonds is 6. The fourth-order valence-electron chi connectivity index (χ4n) is 2.04. The molecule has 0 saturated heterocycles. The molecule has 0 unspecified atom stereocenters. The summed E-state index contributed by atoms with van der Waals surface area (Å²) in [5, 5.41) is 5.43. The molecular weight excluding hydrogens is 310 g/mol. The molecule has 7 nitrogen and oxygen atoms in total. The second kappa shape index (κ2) is 7.96. The molecule has 24 heavy (non-hydrogen) atoms. The van der Waals surface area contributed by atoms with Gasteiger partial charge in [0.05, 0.1) is 32.1 Å². The van der Waals surface area contributed by atoms with Gasteiger partial charge in [0.25, 0.3) is 5.91 Å². The Labute approximate surface area is 140 Å². The Morgan fingerprint density at radius 2 is 1.92 bits per heavy atom. The lowest BCUT2D eigenvalue weighted by Gasteiger charge is -2.12. The third kappa shape index (κ3) is 4.45. The van der Waals surface area contributed by atoms with Crippen LogP contribution < -0.4 is 20.1 Å².